The Morgan fingerprint density at radius 2 is 1.75 bits per heavy atom. The van der Waals surface area contributed by atoms with Crippen LogP contribution in [0.15, 0.2) is 42.9 Å². The number of aromatic nitrogens is 6. The molecule has 0 saturated carbocycles. The number of carbonyl (C=O) groups excluding carboxylic acids is 2. The number of nitrogens with zero attached hydrogens (tertiary/aromatic N) is 10. The molecule has 3 aliphatic heterocycles. The molecule has 7 heterocycles. The third-order valence-electron chi connectivity index (χ3n) is 9.24. The van der Waals surface area contributed by atoms with Gasteiger partial charge < -0.3 is 19.9 Å². The maximum Gasteiger partial charge on any atom is 0.329 e. The van der Waals surface area contributed by atoms with Crippen molar-refractivity contribution in [2.75, 3.05) is 72.9 Å². The van der Waals surface area contributed by atoms with Crippen molar-refractivity contribution in [3.8, 4) is 0 Å². The van der Waals surface area contributed by atoms with E-state index in [4.69, 9.17) is 19.8 Å². The normalized spacial score (nSPS) is 18.2. The van der Waals surface area contributed by atoms with Crippen LogP contribution in [0.4, 0.5) is 34.0 Å². The van der Waals surface area contributed by atoms with Crippen molar-refractivity contribution in [3.63, 3.8) is 0 Å². The summed E-state index contributed by atoms with van der Waals surface area (Å²) in [4.78, 5) is 50.6. The van der Waals surface area contributed by atoms with Crippen LogP contribution >= 0.6 is 0 Å². The molecule has 0 bridgehead atoms. The van der Waals surface area contributed by atoms with Crippen LogP contribution in [-0.4, -0.2) is 106 Å². The topological polar surface area (TPSA) is 150 Å². The number of methoxy groups -OCH3 is 1. The number of piperidine rings is 1. The number of imide groups is 1. The average Bonchev–Trinajstić information content (AvgIpc) is 3.49. The van der Waals surface area contributed by atoms with Crippen LogP contribution in [0.3, 0.4) is 0 Å². The number of pyridine rings is 2. The molecule has 0 unspecified atom stereocenters. The van der Waals surface area contributed by atoms with Gasteiger partial charge in [0.25, 0.3) is 0 Å². The van der Waals surface area contributed by atoms with E-state index in [0.29, 0.717) is 36.1 Å². The minimum Gasteiger partial charge on any atom is -0.381 e. The van der Waals surface area contributed by atoms with Crippen molar-refractivity contribution in [2.24, 2.45) is 0 Å². The van der Waals surface area contributed by atoms with Gasteiger partial charge in [-0.2, -0.15) is 10.1 Å². The van der Waals surface area contributed by atoms with Gasteiger partial charge in [0.1, 0.15) is 17.5 Å². The van der Waals surface area contributed by atoms with E-state index in [1.54, 1.807) is 13.3 Å². The van der Waals surface area contributed by atoms with Crippen LogP contribution in [-0.2, 0) is 16.1 Å². The van der Waals surface area contributed by atoms with Gasteiger partial charge in [0.15, 0.2) is 5.82 Å². The third-order valence-corrected chi connectivity index (χ3v) is 9.24. The number of piperazine rings is 1. The summed E-state index contributed by atoms with van der Waals surface area (Å²) < 4.78 is 7.58. The molecule has 48 heavy (non-hydrogen) atoms. The largest absolute Gasteiger partial charge is 0.381 e. The zero-order valence-corrected chi connectivity index (χ0v) is 27.7. The zero-order chi connectivity index (χ0) is 33.2. The molecular weight excluding hydrogens is 612 g/mol. The highest BCUT2D eigenvalue weighted by atomic mass is 16.5. The Kier molecular flexibility index (Phi) is 9.04. The van der Waals surface area contributed by atoms with E-state index in [-0.39, 0.29) is 18.4 Å². The Morgan fingerprint density at radius 3 is 2.46 bits per heavy atom. The molecule has 3 saturated heterocycles. The van der Waals surface area contributed by atoms with Gasteiger partial charge >= 0.3 is 6.03 Å². The predicted octanol–water partition coefficient (Wildman–Crippen LogP) is 3.32. The second-order valence-corrected chi connectivity index (χ2v) is 12.8. The Labute approximate surface area is 279 Å². The molecular formula is C33H42N12O3. The van der Waals surface area contributed by atoms with Crippen LogP contribution in [0.2, 0.25) is 0 Å². The van der Waals surface area contributed by atoms with E-state index in [1.165, 1.54) is 4.90 Å². The van der Waals surface area contributed by atoms with Crippen LogP contribution < -0.4 is 25.3 Å². The fourth-order valence-corrected chi connectivity index (χ4v) is 6.53. The lowest BCUT2D eigenvalue weighted by Crippen LogP contribution is -2.49. The number of fused-ring (bicyclic) bond motifs is 1. The molecule has 3 aliphatic rings. The number of nitrogens with one attached hydrogen (secondary N) is 2. The van der Waals surface area contributed by atoms with E-state index < -0.39 is 6.03 Å². The van der Waals surface area contributed by atoms with Crippen molar-refractivity contribution < 1.29 is 14.3 Å². The number of carbonyl (C=O) groups is 2. The molecule has 0 aliphatic carbocycles. The molecule has 4 aromatic rings. The van der Waals surface area contributed by atoms with Gasteiger partial charge in [-0.1, -0.05) is 6.07 Å². The molecule has 3 fully saturated rings. The van der Waals surface area contributed by atoms with Crippen molar-refractivity contribution in [1.29, 1.82) is 0 Å². The smallest absolute Gasteiger partial charge is 0.329 e. The van der Waals surface area contributed by atoms with Crippen LogP contribution in [0.5, 0.6) is 0 Å². The summed E-state index contributed by atoms with van der Waals surface area (Å²) in [6.45, 7) is 10.5. The summed E-state index contributed by atoms with van der Waals surface area (Å²) in [7, 11) is 1.77. The van der Waals surface area contributed by atoms with Gasteiger partial charge in [0.05, 0.1) is 17.0 Å². The van der Waals surface area contributed by atoms with E-state index in [9.17, 15) is 9.59 Å². The van der Waals surface area contributed by atoms with Crippen LogP contribution in [0.25, 0.3) is 10.9 Å². The standard InChI is InChI=1S/C33H42N12O3/c1-22(2)45-26-18-28(37-27-6-10-34-32(38-27)43-11-7-24(48-3)8-12-43)35-20-25(26)31(40-45)42-16-14-41(15-17-42)21-23-4-5-29(36-19-23)44-13-9-30(46)39-33(44)47/h4-6,10,18-20,22,24H,7-9,11-17,21H2,1-3H3,(H,39,46,47)(H,34,35,37,38). The highest BCUT2D eigenvalue weighted by molar-refractivity contribution is 6.05. The van der Waals surface area contributed by atoms with Crippen molar-refractivity contribution in [2.45, 2.75) is 51.8 Å². The highest BCUT2D eigenvalue weighted by Gasteiger charge is 2.26. The number of hydrogen-bond donors (Lipinski definition) is 2. The van der Waals surface area contributed by atoms with Crippen molar-refractivity contribution in [1.82, 2.24) is 39.9 Å². The first-order valence-corrected chi connectivity index (χ1v) is 16.6. The fourth-order valence-electron chi connectivity index (χ4n) is 6.53. The van der Waals surface area contributed by atoms with E-state index in [1.807, 2.05) is 30.6 Å². The lowest BCUT2D eigenvalue weighted by atomic mass is 10.1. The van der Waals surface area contributed by atoms with Gasteiger partial charge in [-0.05, 0) is 44.4 Å². The van der Waals surface area contributed by atoms with Crippen LogP contribution in [0.1, 0.15) is 44.7 Å². The lowest BCUT2D eigenvalue weighted by Gasteiger charge is -2.35. The summed E-state index contributed by atoms with van der Waals surface area (Å²) in [5, 5.41) is 11.8. The Bertz CT molecular complexity index is 1760. The highest BCUT2D eigenvalue weighted by Crippen LogP contribution is 2.31. The summed E-state index contributed by atoms with van der Waals surface area (Å²) in [5.74, 6) is 3.36. The first-order valence-electron chi connectivity index (χ1n) is 16.6. The summed E-state index contributed by atoms with van der Waals surface area (Å²) in [6.07, 6.45) is 8.01. The monoisotopic (exact) mass is 654 g/mol. The third kappa shape index (κ3) is 6.73. The van der Waals surface area contributed by atoms with E-state index in [0.717, 1.165) is 80.9 Å². The number of hydrogen-bond acceptors (Lipinski definition) is 12. The van der Waals surface area contributed by atoms with Gasteiger partial charge in [0.2, 0.25) is 11.9 Å². The Balaban J connectivity index is 0.997. The van der Waals surface area contributed by atoms with Crippen molar-refractivity contribution >= 4 is 52.1 Å². The molecule has 2 N–H and O–H groups in total. The second-order valence-electron chi connectivity index (χ2n) is 12.8. The lowest BCUT2D eigenvalue weighted by molar-refractivity contribution is -0.120. The molecule has 15 nitrogen and oxygen atoms in total. The summed E-state index contributed by atoms with van der Waals surface area (Å²) in [6, 6.07) is 7.51. The molecule has 7 rings (SSSR count). The molecule has 15 heteroatoms. The molecule has 0 spiro atoms. The Morgan fingerprint density at radius 1 is 0.938 bits per heavy atom. The predicted molar refractivity (Wildman–Crippen MR) is 183 cm³/mol. The average molecular weight is 655 g/mol. The van der Waals surface area contributed by atoms with Crippen molar-refractivity contribution in [3.05, 3.63) is 48.4 Å². The number of amides is 3. The van der Waals surface area contributed by atoms with E-state index in [2.05, 4.69) is 59.9 Å². The second kappa shape index (κ2) is 13.7. The van der Waals surface area contributed by atoms with E-state index >= 15 is 0 Å². The summed E-state index contributed by atoms with van der Waals surface area (Å²) in [5.41, 5.74) is 2.10. The van der Waals surface area contributed by atoms with Crippen LogP contribution in [0, 0.1) is 0 Å². The van der Waals surface area contributed by atoms with Gasteiger partial charge in [0, 0.05) is 96.6 Å². The molecule has 0 atom stereocenters. The molecule has 252 valence electrons. The van der Waals surface area contributed by atoms with Gasteiger partial charge in [-0.25, -0.2) is 19.7 Å². The maximum absolute atomic E-state index is 12.2. The zero-order valence-electron chi connectivity index (χ0n) is 27.7. The maximum atomic E-state index is 12.2. The van der Waals surface area contributed by atoms with Gasteiger partial charge in [-0.15, -0.1) is 0 Å². The minimum atomic E-state index is -0.424. The molecule has 4 aromatic heterocycles. The minimum absolute atomic E-state index is 0.172. The first kappa shape index (κ1) is 31.7. The first-order chi connectivity index (χ1) is 23.3. The number of rotatable bonds is 9. The molecule has 3 amide bonds. The SMILES string of the molecule is COC1CCN(c2nccc(Nc3cc4c(cn3)c(N3CCN(Cc5ccc(N6CCC(=O)NC6=O)nc5)CC3)nn4C(C)C)n2)CC1. The van der Waals surface area contributed by atoms with Gasteiger partial charge in [-0.3, -0.25) is 24.6 Å². The quantitative estimate of drug-likeness (QED) is 0.273. The molecule has 0 radical (unpaired) electrons. The number of anilines is 5. The number of urea groups is 1. The molecule has 0 aromatic carbocycles. The number of ether oxygens (including phenoxy) is 1. The Hall–Kier alpha value is -4.89. The fraction of sp³-hybridized carbons (Fsp3) is 0.485. The summed E-state index contributed by atoms with van der Waals surface area (Å²) >= 11 is 0.